The van der Waals surface area contributed by atoms with E-state index in [0.717, 1.165) is 11.1 Å². The number of anilines is 1. The molecule has 2 N–H and O–H groups in total. The number of fused-ring (bicyclic) bond motifs is 1. The largest absolute Gasteiger partial charge is 0.398 e. The van der Waals surface area contributed by atoms with Gasteiger partial charge in [0.15, 0.2) is 5.38 Å². The molecule has 0 unspecified atom stereocenters. The second-order valence-corrected chi connectivity index (χ2v) is 3.32. The summed E-state index contributed by atoms with van der Waals surface area (Å²) >= 11 is 1.71. The highest BCUT2D eigenvalue weighted by molar-refractivity contribution is 7.16. The van der Waals surface area contributed by atoms with Gasteiger partial charge >= 0.3 is 0 Å². The van der Waals surface area contributed by atoms with E-state index < -0.39 is 0 Å². The van der Waals surface area contributed by atoms with Crippen molar-refractivity contribution in [3.8, 4) is 0 Å². The Morgan fingerprint density at radius 1 is 1.09 bits per heavy atom. The molecular formula is C9H8NS+. The van der Waals surface area contributed by atoms with E-state index in [4.69, 9.17) is 5.73 Å². The van der Waals surface area contributed by atoms with Gasteiger partial charge in [-0.3, -0.25) is 0 Å². The second kappa shape index (κ2) is 2.47. The van der Waals surface area contributed by atoms with Crippen molar-refractivity contribution in [1.29, 1.82) is 0 Å². The highest BCUT2D eigenvalue weighted by atomic mass is 32.1. The van der Waals surface area contributed by atoms with Gasteiger partial charge in [0.1, 0.15) is 0 Å². The van der Waals surface area contributed by atoms with Crippen LogP contribution in [0.2, 0.25) is 0 Å². The van der Waals surface area contributed by atoms with Crippen LogP contribution in [0.1, 0.15) is 0 Å². The molecule has 0 spiro atoms. The fraction of sp³-hybridized carbons (Fsp3) is 0. The van der Waals surface area contributed by atoms with Gasteiger partial charge in [-0.25, -0.2) is 0 Å². The molecule has 1 aromatic carbocycles. The van der Waals surface area contributed by atoms with Crippen molar-refractivity contribution in [2.45, 2.75) is 0 Å². The zero-order valence-corrected chi connectivity index (χ0v) is 6.77. The van der Waals surface area contributed by atoms with E-state index >= 15 is 0 Å². The van der Waals surface area contributed by atoms with Crippen molar-refractivity contribution < 1.29 is 0 Å². The molecule has 0 aliphatic heterocycles. The monoisotopic (exact) mass is 162 g/mol. The second-order valence-electron chi connectivity index (χ2n) is 2.37. The Morgan fingerprint density at radius 3 is 2.73 bits per heavy atom. The predicted molar refractivity (Wildman–Crippen MR) is 50.6 cm³/mol. The Kier molecular flexibility index (Phi) is 1.47. The zero-order chi connectivity index (χ0) is 7.68. The fourth-order valence-corrected chi connectivity index (χ4v) is 1.91. The van der Waals surface area contributed by atoms with Gasteiger partial charge in [0.2, 0.25) is 16.0 Å². The molecule has 2 aromatic rings. The van der Waals surface area contributed by atoms with E-state index in [1.165, 1.54) is 4.70 Å². The van der Waals surface area contributed by atoms with Gasteiger partial charge in [-0.1, -0.05) is 12.1 Å². The molecule has 0 aliphatic carbocycles. The van der Waals surface area contributed by atoms with E-state index in [-0.39, 0.29) is 0 Å². The minimum atomic E-state index is 0.861. The van der Waals surface area contributed by atoms with E-state index in [2.05, 4.69) is 6.07 Å². The van der Waals surface area contributed by atoms with Gasteiger partial charge in [0.05, 0.1) is 5.39 Å². The maximum absolute atomic E-state index is 5.76. The molecule has 2 heteroatoms. The van der Waals surface area contributed by atoms with Crippen LogP contribution in [0.25, 0.3) is 10.1 Å². The molecule has 11 heavy (non-hydrogen) atoms. The number of rotatable bonds is 0. The highest BCUT2D eigenvalue weighted by Gasteiger charge is 2.03. The molecule has 0 saturated heterocycles. The highest BCUT2D eigenvalue weighted by Crippen LogP contribution is 2.23. The van der Waals surface area contributed by atoms with E-state index in [0.29, 0.717) is 0 Å². The van der Waals surface area contributed by atoms with Crippen LogP contribution in [0.3, 0.4) is 0 Å². The summed E-state index contributed by atoms with van der Waals surface area (Å²) in [6, 6.07) is 10.1. The smallest absolute Gasteiger partial charge is 0.240 e. The number of benzene rings is 1. The Morgan fingerprint density at radius 2 is 1.91 bits per heavy atom. The molecule has 0 bridgehead atoms. The van der Waals surface area contributed by atoms with Gasteiger partial charge < -0.3 is 5.73 Å². The number of nitrogen functional groups attached to an aromatic ring is 1. The van der Waals surface area contributed by atoms with Gasteiger partial charge in [0.25, 0.3) is 0 Å². The lowest BCUT2D eigenvalue weighted by Gasteiger charge is -1.90. The van der Waals surface area contributed by atoms with Crippen LogP contribution >= 0.6 is 11.3 Å². The Hall–Kier alpha value is -1.15. The van der Waals surface area contributed by atoms with Crippen LogP contribution in [0.4, 0.5) is 5.69 Å². The molecule has 54 valence electrons. The van der Waals surface area contributed by atoms with Crippen LogP contribution in [-0.2, 0) is 0 Å². The van der Waals surface area contributed by atoms with Crippen LogP contribution < -0.4 is 5.73 Å². The maximum Gasteiger partial charge on any atom is 0.240 e. The van der Waals surface area contributed by atoms with Gasteiger partial charge in [0, 0.05) is 17.8 Å². The third-order valence-electron chi connectivity index (χ3n) is 1.64. The summed E-state index contributed by atoms with van der Waals surface area (Å²) in [4.78, 5) is 0. The first-order valence-corrected chi connectivity index (χ1v) is 4.31. The van der Waals surface area contributed by atoms with Crippen LogP contribution in [-0.4, -0.2) is 0 Å². The first-order valence-electron chi connectivity index (χ1n) is 3.43. The van der Waals surface area contributed by atoms with Gasteiger partial charge in [-0.15, -0.1) is 0 Å². The third-order valence-corrected chi connectivity index (χ3v) is 2.52. The van der Waals surface area contributed by atoms with E-state index in [1.54, 1.807) is 11.3 Å². The molecule has 0 aliphatic rings. The maximum atomic E-state index is 5.76. The van der Waals surface area contributed by atoms with Crippen molar-refractivity contribution >= 4 is 27.1 Å². The van der Waals surface area contributed by atoms with E-state index in [9.17, 15) is 0 Å². The molecule has 1 nitrogen and oxygen atoms in total. The van der Waals surface area contributed by atoms with Crippen LogP contribution in [0, 0.1) is 0 Å². The molecule has 0 fully saturated rings. The van der Waals surface area contributed by atoms with Crippen LogP contribution in [0.5, 0.6) is 0 Å². The first kappa shape index (κ1) is 6.55. The van der Waals surface area contributed by atoms with Crippen LogP contribution in [0.15, 0.2) is 35.7 Å². The summed E-state index contributed by atoms with van der Waals surface area (Å²) in [6.45, 7) is 0. The predicted octanol–water partition coefficient (Wildman–Crippen LogP) is 2.76. The minimum Gasteiger partial charge on any atom is -0.398 e. The first-order chi connectivity index (χ1) is 5.38. The minimum absolute atomic E-state index is 0.861. The van der Waals surface area contributed by atoms with Gasteiger partial charge in [-0.05, 0) is 6.07 Å². The van der Waals surface area contributed by atoms with Crippen molar-refractivity contribution in [1.82, 2.24) is 0 Å². The van der Waals surface area contributed by atoms with Gasteiger partial charge in [-0.2, -0.15) is 0 Å². The van der Waals surface area contributed by atoms with E-state index in [1.807, 2.05) is 29.6 Å². The zero-order valence-electron chi connectivity index (χ0n) is 5.95. The summed E-state index contributed by atoms with van der Waals surface area (Å²) < 4.78 is 1.24. The normalized spacial score (nSPS) is 10.2. The molecule has 2 rings (SSSR count). The number of nitrogens with two attached hydrogens (primary N) is 1. The average Bonchev–Trinajstić information content (AvgIpc) is 2.06. The SMILES string of the molecule is Nc1cc[s+]c2ccccc12. The molecule has 1 heterocycles. The summed E-state index contributed by atoms with van der Waals surface area (Å²) in [5, 5.41) is 3.16. The lowest BCUT2D eigenvalue weighted by atomic mass is 10.2. The lowest BCUT2D eigenvalue weighted by molar-refractivity contribution is 1.80. The quantitative estimate of drug-likeness (QED) is 0.592. The Bertz CT molecular complexity index is 379. The molecule has 0 amide bonds. The lowest BCUT2D eigenvalue weighted by Crippen LogP contribution is -1.83. The summed E-state index contributed by atoms with van der Waals surface area (Å²) in [5.41, 5.74) is 6.62. The Balaban J connectivity index is 2.91. The topological polar surface area (TPSA) is 26.0 Å². The Labute approximate surface area is 69.1 Å². The van der Waals surface area contributed by atoms with Crippen molar-refractivity contribution in [2.24, 2.45) is 0 Å². The van der Waals surface area contributed by atoms with Crippen molar-refractivity contribution in [2.75, 3.05) is 5.73 Å². The third kappa shape index (κ3) is 1.05. The summed E-state index contributed by atoms with van der Waals surface area (Å²) in [7, 11) is 0. The molecular weight excluding hydrogens is 154 g/mol. The summed E-state index contributed by atoms with van der Waals surface area (Å²) in [6.07, 6.45) is 0. The summed E-state index contributed by atoms with van der Waals surface area (Å²) in [5.74, 6) is 0. The average molecular weight is 162 g/mol. The van der Waals surface area contributed by atoms with Crippen molar-refractivity contribution in [3.63, 3.8) is 0 Å². The molecule has 1 aromatic heterocycles. The molecule has 0 saturated carbocycles. The standard InChI is InChI=1S/C9H8NS/c10-8-5-6-11-9-4-2-1-3-7(8)9/h1-6H,10H2/q+1. The number of hydrogen-bond donors (Lipinski definition) is 1. The fourth-order valence-electron chi connectivity index (χ4n) is 1.08. The number of hydrogen-bond acceptors (Lipinski definition) is 1. The molecule has 0 atom stereocenters. The van der Waals surface area contributed by atoms with Crippen molar-refractivity contribution in [3.05, 3.63) is 35.7 Å². The molecule has 0 radical (unpaired) electrons.